The van der Waals surface area contributed by atoms with Gasteiger partial charge in [-0.3, -0.25) is 4.68 Å². The van der Waals surface area contributed by atoms with Gasteiger partial charge in [-0.1, -0.05) is 0 Å². The molecule has 1 rings (SSSR count). The van der Waals surface area contributed by atoms with Crippen LogP contribution in [0.2, 0.25) is 0 Å². The van der Waals surface area contributed by atoms with Gasteiger partial charge in [-0.2, -0.15) is 5.10 Å². The van der Waals surface area contributed by atoms with Crippen LogP contribution in [0.5, 0.6) is 0 Å². The fourth-order valence-electron chi connectivity index (χ4n) is 1.63. The van der Waals surface area contributed by atoms with E-state index in [1.807, 2.05) is 11.7 Å². The molecule has 0 fully saturated rings. The second kappa shape index (κ2) is 5.82. The number of rotatable bonds is 6. The van der Waals surface area contributed by atoms with Crippen molar-refractivity contribution in [1.29, 1.82) is 0 Å². The topological polar surface area (TPSA) is 46.0 Å². The van der Waals surface area contributed by atoms with Crippen LogP contribution in [-0.4, -0.2) is 53.4 Å². The summed E-state index contributed by atoms with van der Waals surface area (Å²) >= 11 is 0. The molecule has 0 aliphatic carbocycles. The van der Waals surface area contributed by atoms with Gasteiger partial charge >= 0.3 is 0 Å². The van der Waals surface area contributed by atoms with E-state index in [9.17, 15) is 0 Å². The van der Waals surface area contributed by atoms with E-state index >= 15 is 0 Å². The molecule has 5 nitrogen and oxygen atoms in total. The molecule has 1 aromatic heterocycles. The normalized spacial score (nSPS) is 13.4. The Labute approximate surface area is 91.5 Å². The molecule has 1 aromatic rings. The lowest BCUT2D eigenvalue weighted by molar-refractivity contribution is 0.341. The Morgan fingerprint density at radius 1 is 1.53 bits per heavy atom. The molecule has 0 aliphatic heterocycles. The molecule has 0 bridgehead atoms. The Morgan fingerprint density at radius 2 is 2.27 bits per heavy atom. The summed E-state index contributed by atoms with van der Waals surface area (Å²) in [6.07, 6.45) is 2.55. The summed E-state index contributed by atoms with van der Waals surface area (Å²) in [5, 5.41) is 7.47. The van der Waals surface area contributed by atoms with Crippen molar-refractivity contribution in [3.05, 3.63) is 12.2 Å². The number of hydrogen-bond donors (Lipinski definition) is 1. The molecule has 0 saturated carbocycles. The van der Waals surface area contributed by atoms with Crippen molar-refractivity contribution in [2.75, 3.05) is 27.7 Å². The molecule has 5 heteroatoms. The maximum Gasteiger partial charge on any atom is 0.138 e. The summed E-state index contributed by atoms with van der Waals surface area (Å²) < 4.78 is 1.94. The van der Waals surface area contributed by atoms with Crippen molar-refractivity contribution < 1.29 is 0 Å². The van der Waals surface area contributed by atoms with Crippen LogP contribution < -0.4 is 5.32 Å². The zero-order valence-electron chi connectivity index (χ0n) is 10.1. The molecule has 1 heterocycles. The molecule has 0 radical (unpaired) electrons. The van der Waals surface area contributed by atoms with Gasteiger partial charge in [0.2, 0.25) is 0 Å². The van der Waals surface area contributed by atoms with E-state index in [1.54, 1.807) is 6.33 Å². The zero-order chi connectivity index (χ0) is 11.3. The van der Waals surface area contributed by atoms with Crippen molar-refractivity contribution in [2.24, 2.45) is 0 Å². The van der Waals surface area contributed by atoms with E-state index in [1.165, 1.54) is 0 Å². The third-order valence-electron chi connectivity index (χ3n) is 2.42. The lowest BCUT2D eigenvalue weighted by Gasteiger charge is -2.20. The van der Waals surface area contributed by atoms with Crippen LogP contribution in [0.1, 0.15) is 12.7 Å². The predicted octanol–water partition coefficient (Wildman–Crippen LogP) is -0.00990. The van der Waals surface area contributed by atoms with Crippen LogP contribution in [0, 0.1) is 0 Å². The first kappa shape index (κ1) is 12.1. The summed E-state index contributed by atoms with van der Waals surface area (Å²) in [6.45, 7) is 3.97. The maximum atomic E-state index is 4.28. The van der Waals surface area contributed by atoms with Crippen molar-refractivity contribution in [2.45, 2.75) is 25.9 Å². The summed E-state index contributed by atoms with van der Waals surface area (Å²) in [4.78, 5) is 6.45. The third-order valence-corrected chi connectivity index (χ3v) is 2.42. The van der Waals surface area contributed by atoms with Gasteiger partial charge in [0.05, 0.1) is 0 Å². The van der Waals surface area contributed by atoms with E-state index in [0.717, 1.165) is 25.3 Å². The Morgan fingerprint density at radius 3 is 2.80 bits per heavy atom. The standard InChI is InChI=1S/C10H21N5/c1-5-15-10(12-8-13-15)6-9(11-2)7-14(3)4/h8-9,11H,5-7H2,1-4H3. The van der Waals surface area contributed by atoms with Gasteiger partial charge < -0.3 is 10.2 Å². The molecule has 1 atom stereocenters. The maximum absolute atomic E-state index is 4.28. The highest BCUT2D eigenvalue weighted by Crippen LogP contribution is 2.00. The average Bonchev–Trinajstić information content (AvgIpc) is 2.63. The molecule has 86 valence electrons. The Bertz CT molecular complexity index is 281. The molecule has 0 amide bonds. The van der Waals surface area contributed by atoms with E-state index in [2.05, 4.69) is 41.3 Å². The number of nitrogens with zero attached hydrogens (tertiary/aromatic N) is 4. The highest BCUT2D eigenvalue weighted by atomic mass is 15.3. The van der Waals surface area contributed by atoms with Crippen molar-refractivity contribution in [3.8, 4) is 0 Å². The van der Waals surface area contributed by atoms with Crippen molar-refractivity contribution in [1.82, 2.24) is 25.0 Å². The number of aryl methyl sites for hydroxylation is 1. The minimum absolute atomic E-state index is 0.425. The van der Waals surface area contributed by atoms with E-state index in [-0.39, 0.29) is 0 Å². The second-order valence-electron chi connectivity index (χ2n) is 3.94. The molecule has 15 heavy (non-hydrogen) atoms. The first-order valence-electron chi connectivity index (χ1n) is 5.36. The number of aromatic nitrogens is 3. The van der Waals surface area contributed by atoms with Crippen molar-refractivity contribution >= 4 is 0 Å². The van der Waals surface area contributed by atoms with Gasteiger partial charge in [-0.15, -0.1) is 0 Å². The van der Waals surface area contributed by atoms with E-state index in [0.29, 0.717) is 6.04 Å². The van der Waals surface area contributed by atoms with Crippen LogP contribution in [0.15, 0.2) is 6.33 Å². The van der Waals surface area contributed by atoms with Crippen LogP contribution in [0.25, 0.3) is 0 Å². The van der Waals surface area contributed by atoms with Gasteiger partial charge in [-0.25, -0.2) is 4.98 Å². The van der Waals surface area contributed by atoms with Crippen LogP contribution in [0.4, 0.5) is 0 Å². The molecule has 1 unspecified atom stereocenters. The highest BCUT2D eigenvalue weighted by Gasteiger charge is 2.12. The summed E-state index contributed by atoms with van der Waals surface area (Å²) in [5.74, 6) is 1.05. The molecule has 0 spiro atoms. The Kier molecular flexibility index (Phi) is 4.71. The van der Waals surface area contributed by atoms with Crippen LogP contribution >= 0.6 is 0 Å². The molecular formula is C10H21N5. The summed E-state index contributed by atoms with van der Waals surface area (Å²) in [6, 6.07) is 0.425. The fourth-order valence-corrected chi connectivity index (χ4v) is 1.63. The molecule has 0 aromatic carbocycles. The third kappa shape index (κ3) is 3.60. The van der Waals surface area contributed by atoms with Gasteiger partial charge in [0, 0.05) is 25.6 Å². The van der Waals surface area contributed by atoms with E-state index < -0.39 is 0 Å². The zero-order valence-corrected chi connectivity index (χ0v) is 10.1. The summed E-state index contributed by atoms with van der Waals surface area (Å²) in [7, 11) is 6.14. The predicted molar refractivity (Wildman–Crippen MR) is 60.8 cm³/mol. The monoisotopic (exact) mass is 211 g/mol. The Hall–Kier alpha value is -0.940. The minimum Gasteiger partial charge on any atom is -0.315 e. The van der Waals surface area contributed by atoms with E-state index in [4.69, 9.17) is 0 Å². The van der Waals surface area contributed by atoms with Crippen LogP contribution in [-0.2, 0) is 13.0 Å². The van der Waals surface area contributed by atoms with Gasteiger partial charge in [-0.05, 0) is 28.1 Å². The quantitative estimate of drug-likeness (QED) is 0.719. The largest absolute Gasteiger partial charge is 0.315 e. The molecule has 0 saturated heterocycles. The van der Waals surface area contributed by atoms with Crippen LogP contribution in [0.3, 0.4) is 0 Å². The first-order chi connectivity index (χ1) is 7.17. The highest BCUT2D eigenvalue weighted by molar-refractivity contribution is 4.90. The van der Waals surface area contributed by atoms with Gasteiger partial charge in [0.1, 0.15) is 12.2 Å². The number of likely N-dealkylation sites (N-methyl/N-ethyl adjacent to an activating group) is 2. The number of hydrogen-bond acceptors (Lipinski definition) is 4. The first-order valence-corrected chi connectivity index (χ1v) is 5.36. The molecular weight excluding hydrogens is 190 g/mol. The lowest BCUT2D eigenvalue weighted by atomic mass is 10.2. The smallest absolute Gasteiger partial charge is 0.138 e. The minimum atomic E-state index is 0.425. The summed E-state index contributed by atoms with van der Waals surface area (Å²) in [5.41, 5.74) is 0. The van der Waals surface area contributed by atoms with Gasteiger partial charge in [0.25, 0.3) is 0 Å². The van der Waals surface area contributed by atoms with Gasteiger partial charge in [0.15, 0.2) is 0 Å². The fraction of sp³-hybridized carbons (Fsp3) is 0.800. The Balaban J connectivity index is 2.58. The SMILES string of the molecule is CCn1ncnc1CC(CN(C)C)NC. The second-order valence-corrected chi connectivity index (χ2v) is 3.94. The molecule has 0 aliphatic rings. The average molecular weight is 211 g/mol. The van der Waals surface area contributed by atoms with Crippen molar-refractivity contribution in [3.63, 3.8) is 0 Å². The lowest BCUT2D eigenvalue weighted by Crippen LogP contribution is -2.38. The number of nitrogens with one attached hydrogen (secondary N) is 1. The molecule has 1 N–H and O–H groups in total.